The van der Waals surface area contributed by atoms with Gasteiger partial charge in [-0.15, -0.1) is 0 Å². The summed E-state index contributed by atoms with van der Waals surface area (Å²) in [7, 11) is 1.73. The number of hydrogen-bond donors (Lipinski definition) is 3. The zero-order chi connectivity index (χ0) is 41.8. The zero-order valence-corrected chi connectivity index (χ0v) is 33.3. The van der Waals surface area contributed by atoms with Crippen molar-refractivity contribution in [2.24, 2.45) is 13.0 Å². The van der Waals surface area contributed by atoms with Crippen LogP contribution < -0.4 is 16.3 Å². The number of imidazole rings is 1. The molecule has 3 N–H and O–H groups in total. The third-order valence-corrected chi connectivity index (χ3v) is 12.1. The van der Waals surface area contributed by atoms with Crippen molar-refractivity contribution >= 4 is 45.3 Å². The number of aliphatic hydroxyl groups is 1. The number of carbonyl (C=O) groups is 3. The first-order valence-electron chi connectivity index (χ1n) is 20.1. The fourth-order valence-corrected chi connectivity index (χ4v) is 9.00. The molecule has 1 saturated carbocycles. The van der Waals surface area contributed by atoms with Crippen molar-refractivity contribution in [1.82, 2.24) is 39.0 Å². The number of halogens is 3. The highest BCUT2D eigenvalue weighted by atomic mass is 19.4. The largest absolute Gasteiger partial charge is 0.433 e. The SMILES string of the molecule is Cn1c(=O)n(C2CCC(=O)NC2=O)c2cccc(CN3CCN(CC4CCC(n5cc6cc(NC(=O)c7cccc(C(F)(F)F)n7)c(C(C)(C)O)cc6n5)CC4)CC3)c21. The third kappa shape index (κ3) is 8.28. The summed E-state index contributed by atoms with van der Waals surface area (Å²) in [5.74, 6) is -1.03. The Labute approximate surface area is 338 Å². The number of benzene rings is 2. The predicted molar refractivity (Wildman–Crippen MR) is 213 cm³/mol. The molecule has 0 spiro atoms. The smallest absolute Gasteiger partial charge is 0.386 e. The maximum Gasteiger partial charge on any atom is 0.433 e. The highest BCUT2D eigenvalue weighted by Gasteiger charge is 2.34. The van der Waals surface area contributed by atoms with Crippen LogP contribution in [0.15, 0.2) is 59.5 Å². The van der Waals surface area contributed by atoms with E-state index in [1.165, 1.54) is 10.6 Å². The summed E-state index contributed by atoms with van der Waals surface area (Å²) in [5, 5.41) is 21.6. The van der Waals surface area contributed by atoms with Gasteiger partial charge in [-0.3, -0.25) is 38.4 Å². The van der Waals surface area contributed by atoms with Crippen LogP contribution in [0.25, 0.3) is 21.9 Å². The minimum absolute atomic E-state index is 0.178. The number of imide groups is 1. The number of aromatic nitrogens is 5. The molecule has 2 aliphatic heterocycles. The van der Waals surface area contributed by atoms with Crippen LogP contribution in [-0.4, -0.2) is 89.3 Å². The van der Waals surface area contributed by atoms with Crippen molar-refractivity contribution in [3.8, 4) is 0 Å². The van der Waals surface area contributed by atoms with Crippen LogP contribution in [0.4, 0.5) is 18.9 Å². The predicted octanol–water partition coefficient (Wildman–Crippen LogP) is 5.11. The number of pyridine rings is 1. The number of piperidine rings is 1. The van der Waals surface area contributed by atoms with Crippen LogP contribution in [0.3, 0.4) is 0 Å². The lowest BCUT2D eigenvalue weighted by atomic mass is 9.85. The Bertz CT molecular complexity index is 2480. The molecule has 8 rings (SSSR count). The number of alkyl halides is 3. The maximum absolute atomic E-state index is 13.4. The first-order chi connectivity index (χ1) is 28.0. The van der Waals surface area contributed by atoms with Gasteiger partial charge in [-0.25, -0.2) is 9.78 Å². The number of amides is 3. The molecule has 0 radical (unpaired) electrons. The molecule has 1 aliphatic carbocycles. The topological polar surface area (TPSA) is 160 Å². The van der Waals surface area contributed by atoms with Gasteiger partial charge in [-0.2, -0.15) is 18.3 Å². The summed E-state index contributed by atoms with van der Waals surface area (Å²) >= 11 is 0. The number of para-hydroxylation sites is 1. The molecule has 2 aromatic carbocycles. The van der Waals surface area contributed by atoms with E-state index in [9.17, 15) is 37.5 Å². The van der Waals surface area contributed by atoms with E-state index in [0.29, 0.717) is 35.5 Å². The Kier molecular flexibility index (Phi) is 10.7. The van der Waals surface area contributed by atoms with Gasteiger partial charge >= 0.3 is 11.9 Å². The number of piperazine rings is 1. The Morgan fingerprint density at radius 2 is 1.66 bits per heavy atom. The fourth-order valence-electron chi connectivity index (χ4n) is 9.00. The second-order valence-corrected chi connectivity index (χ2v) is 16.7. The first-order valence-corrected chi connectivity index (χ1v) is 20.1. The number of nitrogens with zero attached hydrogens (tertiary/aromatic N) is 7. The van der Waals surface area contributed by atoms with Gasteiger partial charge in [0.05, 0.1) is 28.2 Å². The minimum atomic E-state index is -4.70. The maximum atomic E-state index is 13.4. The first kappa shape index (κ1) is 40.4. The average molecular weight is 816 g/mol. The Balaban J connectivity index is 0.871. The van der Waals surface area contributed by atoms with Crippen molar-refractivity contribution in [3.05, 3.63) is 87.7 Å². The summed E-state index contributed by atoms with van der Waals surface area (Å²) in [6.07, 6.45) is 1.70. The van der Waals surface area contributed by atoms with Gasteiger partial charge in [0.15, 0.2) is 0 Å². The molecule has 3 fully saturated rings. The monoisotopic (exact) mass is 815 g/mol. The van der Waals surface area contributed by atoms with Crippen LogP contribution in [0.1, 0.15) is 91.8 Å². The molecular weight excluding hydrogens is 768 g/mol. The Hall–Kier alpha value is -5.39. The van der Waals surface area contributed by atoms with Gasteiger partial charge in [0.25, 0.3) is 5.91 Å². The van der Waals surface area contributed by atoms with Gasteiger partial charge in [-0.05, 0) is 87.8 Å². The lowest BCUT2D eigenvalue weighted by molar-refractivity contribution is -0.141. The second-order valence-electron chi connectivity index (χ2n) is 16.7. The summed E-state index contributed by atoms with van der Waals surface area (Å²) in [4.78, 5) is 59.3. The quantitative estimate of drug-likeness (QED) is 0.172. The molecular formula is C42H48F3N9O5. The number of nitrogens with one attached hydrogen (secondary N) is 2. The highest BCUT2D eigenvalue weighted by molar-refractivity contribution is 6.04. The van der Waals surface area contributed by atoms with Crippen LogP contribution in [0.2, 0.25) is 0 Å². The van der Waals surface area contributed by atoms with E-state index in [-0.39, 0.29) is 35.4 Å². The van der Waals surface area contributed by atoms with E-state index in [4.69, 9.17) is 5.10 Å². The number of fused-ring (bicyclic) bond motifs is 2. The average Bonchev–Trinajstić information content (AvgIpc) is 3.72. The molecule has 5 heterocycles. The number of aryl methyl sites for hydroxylation is 1. The summed E-state index contributed by atoms with van der Waals surface area (Å²) in [6, 6.07) is 11.8. The van der Waals surface area contributed by atoms with Crippen molar-refractivity contribution < 1.29 is 32.7 Å². The van der Waals surface area contributed by atoms with E-state index in [0.717, 1.165) is 87.0 Å². The van der Waals surface area contributed by atoms with Gasteiger partial charge in [0.2, 0.25) is 11.8 Å². The zero-order valence-electron chi connectivity index (χ0n) is 33.3. The number of anilines is 1. The lowest BCUT2D eigenvalue weighted by Crippen LogP contribution is -2.47. The van der Waals surface area contributed by atoms with Crippen LogP contribution in [0, 0.1) is 5.92 Å². The molecule has 0 bridgehead atoms. The molecule has 17 heteroatoms. The van der Waals surface area contributed by atoms with E-state index >= 15 is 0 Å². The molecule has 14 nitrogen and oxygen atoms in total. The van der Waals surface area contributed by atoms with Crippen molar-refractivity contribution in [2.75, 3.05) is 38.0 Å². The molecule has 2 saturated heterocycles. The van der Waals surface area contributed by atoms with E-state index in [1.54, 1.807) is 37.6 Å². The Morgan fingerprint density at radius 3 is 2.36 bits per heavy atom. The standard InChI is InChI=1S/C42H48F3N9O5/c1-41(2,59)29-21-31-27(20-32(29)47-38(56)30-7-5-9-35(46-30)42(43,44)45)24-53(49-31)28-12-10-25(11-13-28)22-51-16-18-52(19-17-51)23-26-6-4-8-33-37(26)50(3)40(58)54(33)34-14-15-36(55)48-39(34)57/h4-9,20-21,24-25,28,34,59H,10-19,22-23H2,1-3H3,(H,47,56)(H,48,55,57). The van der Waals surface area contributed by atoms with Crippen LogP contribution >= 0.6 is 0 Å². The Morgan fingerprint density at radius 1 is 0.949 bits per heavy atom. The molecule has 1 unspecified atom stereocenters. The molecule has 312 valence electrons. The van der Waals surface area contributed by atoms with Gasteiger partial charge in [0, 0.05) is 75.6 Å². The molecule has 5 aromatic rings. The molecule has 3 aliphatic rings. The van der Waals surface area contributed by atoms with Gasteiger partial charge in [-0.1, -0.05) is 18.2 Å². The molecule has 3 aromatic heterocycles. The molecule has 3 amide bonds. The number of hydrogen-bond acceptors (Lipinski definition) is 9. The van der Waals surface area contributed by atoms with Crippen molar-refractivity contribution in [2.45, 2.75) is 82.8 Å². The minimum Gasteiger partial charge on any atom is -0.386 e. The normalized spacial score (nSPS) is 21.3. The molecule has 1 atom stereocenters. The number of carbonyl (C=O) groups excluding carboxylic acids is 3. The van der Waals surface area contributed by atoms with Crippen molar-refractivity contribution in [1.29, 1.82) is 0 Å². The van der Waals surface area contributed by atoms with E-state index in [1.807, 2.05) is 29.1 Å². The van der Waals surface area contributed by atoms with Crippen molar-refractivity contribution in [3.63, 3.8) is 0 Å². The van der Waals surface area contributed by atoms with E-state index in [2.05, 4.69) is 25.4 Å². The second kappa shape index (κ2) is 15.7. The summed E-state index contributed by atoms with van der Waals surface area (Å²) < 4.78 is 44.9. The fraction of sp³-hybridized carbons (Fsp3) is 0.476. The van der Waals surface area contributed by atoms with Crippen LogP contribution in [-0.2, 0) is 35.0 Å². The molecule has 59 heavy (non-hydrogen) atoms. The van der Waals surface area contributed by atoms with Crippen LogP contribution in [0.5, 0.6) is 0 Å². The summed E-state index contributed by atoms with van der Waals surface area (Å²) in [5.41, 5.74) is 0.613. The number of rotatable bonds is 9. The van der Waals surface area contributed by atoms with Gasteiger partial charge < -0.3 is 15.3 Å². The third-order valence-electron chi connectivity index (χ3n) is 12.1. The van der Waals surface area contributed by atoms with Gasteiger partial charge in [0.1, 0.15) is 17.4 Å². The summed E-state index contributed by atoms with van der Waals surface area (Å²) in [6.45, 7) is 8.48. The highest BCUT2D eigenvalue weighted by Crippen LogP contribution is 2.37. The lowest BCUT2D eigenvalue weighted by Gasteiger charge is -2.38. The van der Waals surface area contributed by atoms with E-state index < -0.39 is 35.3 Å².